The molecular weight excluding hydrogens is 372 g/mol. The largest absolute Gasteiger partial charge is 0.506 e. The van der Waals surface area contributed by atoms with Gasteiger partial charge in [-0.25, -0.2) is 4.79 Å². The van der Waals surface area contributed by atoms with Gasteiger partial charge in [-0.1, -0.05) is 0 Å². The Balaban J connectivity index is 2.16. The van der Waals surface area contributed by atoms with Crippen LogP contribution in [0.4, 0.5) is 10.5 Å². The van der Waals surface area contributed by atoms with Crippen LogP contribution in [0.5, 0.6) is 5.75 Å². The molecule has 140 valence electrons. The number of nitrogens with one attached hydrogen (secondary N) is 1. The molecule has 1 unspecified atom stereocenters. The minimum absolute atomic E-state index is 0.0142. The SMILES string of the molecule is CC(=O)Nc1cc2c(cc1O)[C@H]1CN(C(=O)N1OS(=O)(=O)O)C2C(N)=O. The molecule has 2 atom stereocenters. The zero-order valence-corrected chi connectivity index (χ0v) is 14.1. The smallest absolute Gasteiger partial charge is 0.418 e. The Morgan fingerprint density at radius 1 is 1.35 bits per heavy atom. The number of rotatable bonds is 4. The summed E-state index contributed by atoms with van der Waals surface area (Å²) in [5.41, 5.74) is 5.74. The van der Waals surface area contributed by atoms with Gasteiger partial charge in [-0.15, -0.1) is 4.28 Å². The van der Waals surface area contributed by atoms with Crippen molar-refractivity contribution in [3.63, 3.8) is 0 Å². The van der Waals surface area contributed by atoms with E-state index in [9.17, 15) is 27.9 Å². The average Bonchev–Trinajstić information content (AvgIpc) is 2.74. The van der Waals surface area contributed by atoms with Gasteiger partial charge in [0, 0.05) is 6.92 Å². The molecule has 2 bridgehead atoms. The highest BCUT2D eigenvalue weighted by Gasteiger charge is 2.52. The van der Waals surface area contributed by atoms with Gasteiger partial charge in [0.1, 0.15) is 17.8 Å². The summed E-state index contributed by atoms with van der Waals surface area (Å²) in [6, 6.07) is -0.889. The zero-order chi connectivity index (χ0) is 19.4. The maximum absolute atomic E-state index is 12.4. The third-order valence-electron chi connectivity index (χ3n) is 4.01. The Labute approximate surface area is 147 Å². The van der Waals surface area contributed by atoms with E-state index < -0.39 is 40.3 Å². The highest BCUT2D eigenvalue weighted by molar-refractivity contribution is 7.80. The molecule has 3 rings (SSSR count). The van der Waals surface area contributed by atoms with Crippen molar-refractivity contribution in [1.29, 1.82) is 0 Å². The van der Waals surface area contributed by atoms with E-state index in [1.807, 2.05) is 0 Å². The van der Waals surface area contributed by atoms with Crippen molar-refractivity contribution in [2.75, 3.05) is 11.9 Å². The predicted molar refractivity (Wildman–Crippen MR) is 83.7 cm³/mol. The van der Waals surface area contributed by atoms with E-state index in [2.05, 4.69) is 9.60 Å². The number of phenols is 1. The first-order valence-corrected chi connectivity index (χ1v) is 8.56. The summed E-state index contributed by atoms with van der Waals surface area (Å²) in [5.74, 6) is -1.77. The summed E-state index contributed by atoms with van der Waals surface area (Å²) in [7, 11) is -5.01. The van der Waals surface area contributed by atoms with Gasteiger partial charge in [-0.05, 0) is 23.3 Å². The number of hydroxylamine groups is 2. The predicted octanol–water partition coefficient (Wildman–Crippen LogP) is -0.596. The topological polar surface area (TPSA) is 180 Å². The maximum atomic E-state index is 12.4. The molecule has 0 aliphatic carbocycles. The van der Waals surface area contributed by atoms with Gasteiger partial charge in [0.25, 0.3) is 0 Å². The lowest BCUT2D eigenvalue weighted by Crippen LogP contribution is -2.41. The zero-order valence-electron chi connectivity index (χ0n) is 13.2. The minimum atomic E-state index is -5.01. The highest BCUT2D eigenvalue weighted by atomic mass is 32.3. The molecule has 5 N–H and O–H groups in total. The molecular formula is C13H14N4O8S. The fourth-order valence-electron chi connectivity index (χ4n) is 3.14. The maximum Gasteiger partial charge on any atom is 0.418 e. The molecule has 26 heavy (non-hydrogen) atoms. The molecule has 2 heterocycles. The molecule has 0 spiro atoms. The van der Waals surface area contributed by atoms with Gasteiger partial charge in [-0.3, -0.25) is 14.1 Å². The molecule has 4 amide bonds. The number of phenolic OH excluding ortho intramolecular Hbond substituents is 1. The van der Waals surface area contributed by atoms with Crippen molar-refractivity contribution in [2.24, 2.45) is 5.73 Å². The lowest BCUT2D eigenvalue weighted by Gasteiger charge is -2.31. The molecule has 1 aromatic carbocycles. The number of aromatic hydroxyl groups is 1. The number of carbonyl (C=O) groups excluding carboxylic acids is 3. The molecule has 12 nitrogen and oxygen atoms in total. The Hall–Kier alpha value is -2.90. The first-order valence-electron chi connectivity index (χ1n) is 7.20. The molecule has 2 aliphatic rings. The van der Waals surface area contributed by atoms with Crippen LogP contribution in [0, 0.1) is 0 Å². The van der Waals surface area contributed by atoms with Gasteiger partial charge in [0.2, 0.25) is 11.8 Å². The number of fused-ring (bicyclic) bond motifs is 4. The lowest BCUT2D eigenvalue weighted by atomic mass is 9.89. The van der Waals surface area contributed by atoms with E-state index in [1.54, 1.807) is 0 Å². The molecule has 0 saturated carbocycles. The Morgan fingerprint density at radius 2 is 2.00 bits per heavy atom. The number of urea groups is 1. The van der Waals surface area contributed by atoms with Gasteiger partial charge in [-0.2, -0.15) is 13.5 Å². The van der Waals surface area contributed by atoms with Crippen LogP contribution < -0.4 is 11.1 Å². The Kier molecular flexibility index (Phi) is 4.01. The monoisotopic (exact) mass is 386 g/mol. The van der Waals surface area contributed by atoms with E-state index in [0.717, 1.165) is 11.0 Å². The number of nitrogens with two attached hydrogens (primary N) is 1. The van der Waals surface area contributed by atoms with Crippen molar-refractivity contribution in [1.82, 2.24) is 9.96 Å². The minimum Gasteiger partial charge on any atom is -0.506 e. The second-order valence-electron chi connectivity index (χ2n) is 5.76. The third-order valence-corrected chi connectivity index (χ3v) is 4.36. The lowest BCUT2D eigenvalue weighted by molar-refractivity contribution is -0.122. The van der Waals surface area contributed by atoms with Crippen molar-refractivity contribution in [2.45, 2.75) is 19.0 Å². The molecule has 1 aromatic rings. The number of benzene rings is 1. The summed E-state index contributed by atoms with van der Waals surface area (Å²) in [4.78, 5) is 36.5. The second kappa shape index (κ2) is 5.82. The molecule has 1 saturated heterocycles. The molecule has 1 fully saturated rings. The van der Waals surface area contributed by atoms with Crippen LogP contribution in [-0.2, 0) is 24.3 Å². The van der Waals surface area contributed by atoms with Crippen molar-refractivity contribution in [3.05, 3.63) is 23.3 Å². The van der Waals surface area contributed by atoms with Crippen LogP contribution in [0.3, 0.4) is 0 Å². The third kappa shape index (κ3) is 2.91. The van der Waals surface area contributed by atoms with Crippen LogP contribution in [0.25, 0.3) is 0 Å². The summed E-state index contributed by atoms with van der Waals surface area (Å²) < 4.78 is 35.2. The molecule has 2 aliphatic heterocycles. The normalized spacial score (nSPS) is 21.5. The van der Waals surface area contributed by atoms with Gasteiger partial charge < -0.3 is 21.1 Å². The van der Waals surface area contributed by atoms with E-state index >= 15 is 0 Å². The van der Waals surface area contributed by atoms with Crippen molar-refractivity contribution in [3.8, 4) is 5.75 Å². The number of amides is 4. The molecule has 0 radical (unpaired) electrons. The number of hydrogen-bond acceptors (Lipinski definition) is 7. The summed E-state index contributed by atoms with van der Waals surface area (Å²) in [6.45, 7) is 1.05. The van der Waals surface area contributed by atoms with Crippen LogP contribution in [0.15, 0.2) is 12.1 Å². The van der Waals surface area contributed by atoms with Crippen molar-refractivity contribution < 1.29 is 36.7 Å². The van der Waals surface area contributed by atoms with Crippen LogP contribution in [-0.4, -0.2) is 52.4 Å². The molecule has 13 heteroatoms. The summed E-state index contributed by atoms with van der Waals surface area (Å²) in [5, 5.41) is 12.8. The Bertz CT molecular complexity index is 930. The van der Waals surface area contributed by atoms with Gasteiger partial charge >= 0.3 is 16.4 Å². The fourth-order valence-corrected chi connectivity index (χ4v) is 3.51. The first-order chi connectivity index (χ1) is 12.0. The van der Waals surface area contributed by atoms with Crippen LogP contribution >= 0.6 is 0 Å². The molecule has 0 aromatic heterocycles. The van der Waals surface area contributed by atoms with Crippen LogP contribution in [0.1, 0.15) is 30.1 Å². The van der Waals surface area contributed by atoms with Gasteiger partial charge in [0.15, 0.2) is 0 Å². The number of anilines is 1. The first kappa shape index (κ1) is 17.9. The number of primary amides is 1. The average molecular weight is 386 g/mol. The Morgan fingerprint density at radius 3 is 2.54 bits per heavy atom. The summed E-state index contributed by atoms with van der Waals surface area (Å²) in [6.07, 6.45) is 0. The standard InChI is InChI=1S/C13H14N4O8S/c1-5(18)15-8-2-7-6(3-10(8)19)9-4-16(11(7)12(14)20)13(21)17(9)25-26(22,23)24/h2-3,9,11,19H,4H2,1H3,(H2,14,20)(H,15,18)(H,22,23,24)/t9-,11?/m1/s1. The number of carbonyl (C=O) groups is 3. The van der Waals surface area contributed by atoms with E-state index in [1.165, 1.54) is 13.0 Å². The van der Waals surface area contributed by atoms with Gasteiger partial charge in [0.05, 0.1) is 12.2 Å². The number of nitrogens with zero attached hydrogens (tertiary/aromatic N) is 2. The van der Waals surface area contributed by atoms with E-state index in [-0.39, 0.29) is 29.1 Å². The second-order valence-corrected chi connectivity index (χ2v) is 6.77. The van der Waals surface area contributed by atoms with E-state index in [0.29, 0.717) is 5.06 Å². The van der Waals surface area contributed by atoms with Crippen molar-refractivity contribution >= 4 is 33.9 Å². The summed E-state index contributed by atoms with van der Waals surface area (Å²) >= 11 is 0. The highest BCUT2D eigenvalue weighted by Crippen LogP contribution is 2.46. The number of hydrogen-bond donors (Lipinski definition) is 4. The fraction of sp³-hybridized carbons (Fsp3) is 0.308. The van der Waals surface area contributed by atoms with Crippen LogP contribution in [0.2, 0.25) is 0 Å². The quantitative estimate of drug-likeness (QED) is 0.391. The van der Waals surface area contributed by atoms with E-state index in [4.69, 9.17) is 10.3 Å².